The number of carbonyl (C=O) groups is 3. The van der Waals surface area contributed by atoms with Crippen LogP contribution in [0.25, 0.3) is 0 Å². The minimum absolute atomic E-state index is 0.0979. The maximum Gasteiger partial charge on any atom is 0.408 e. The van der Waals surface area contributed by atoms with E-state index in [1.54, 1.807) is 32.9 Å². The molecule has 0 aliphatic rings. The zero-order valence-corrected chi connectivity index (χ0v) is 18.3. The number of rotatable bonds is 7. The molecule has 0 aliphatic heterocycles. The van der Waals surface area contributed by atoms with Gasteiger partial charge in [0.2, 0.25) is 0 Å². The smallest absolute Gasteiger partial charge is 0.408 e. The van der Waals surface area contributed by atoms with Crippen molar-refractivity contribution in [3.8, 4) is 5.75 Å². The highest BCUT2D eigenvalue weighted by molar-refractivity contribution is 5.80. The van der Waals surface area contributed by atoms with Gasteiger partial charge in [0.15, 0.2) is 0 Å². The Morgan fingerprint density at radius 1 is 0.906 bits per heavy atom. The number of hydrogen-bond donors (Lipinski definition) is 5. The van der Waals surface area contributed by atoms with Crippen LogP contribution in [0, 0.1) is 0 Å². The summed E-state index contributed by atoms with van der Waals surface area (Å²) in [5.74, 6) is -2.01. The molecule has 9 heteroatoms. The average Bonchev–Trinajstić information content (AvgIpc) is 2.69. The van der Waals surface area contributed by atoms with Crippen molar-refractivity contribution in [3.63, 3.8) is 0 Å². The van der Waals surface area contributed by atoms with E-state index in [1.165, 1.54) is 12.1 Å². The summed E-state index contributed by atoms with van der Waals surface area (Å²) in [7, 11) is 0. The molecule has 0 bridgehead atoms. The third kappa shape index (κ3) is 11.0. The van der Waals surface area contributed by atoms with Gasteiger partial charge in [0.1, 0.15) is 23.4 Å². The van der Waals surface area contributed by atoms with Gasteiger partial charge >= 0.3 is 18.0 Å². The van der Waals surface area contributed by atoms with Gasteiger partial charge in [-0.1, -0.05) is 42.5 Å². The summed E-state index contributed by atoms with van der Waals surface area (Å²) >= 11 is 0. The highest BCUT2D eigenvalue weighted by atomic mass is 16.6. The second-order valence-corrected chi connectivity index (χ2v) is 8.04. The van der Waals surface area contributed by atoms with Gasteiger partial charge in [0.25, 0.3) is 0 Å². The van der Waals surface area contributed by atoms with Crippen LogP contribution in [0.2, 0.25) is 0 Å². The van der Waals surface area contributed by atoms with Crippen molar-refractivity contribution >= 4 is 18.0 Å². The van der Waals surface area contributed by atoms with E-state index >= 15 is 0 Å². The number of aliphatic carboxylic acids is 2. The van der Waals surface area contributed by atoms with E-state index in [1.807, 2.05) is 30.3 Å². The van der Waals surface area contributed by atoms with Crippen molar-refractivity contribution < 1.29 is 34.4 Å². The van der Waals surface area contributed by atoms with Gasteiger partial charge in [0, 0.05) is 6.42 Å². The molecule has 0 aliphatic carbocycles. The van der Waals surface area contributed by atoms with E-state index < -0.39 is 35.7 Å². The van der Waals surface area contributed by atoms with Gasteiger partial charge in [-0.05, 0) is 50.5 Å². The number of carboxylic acids is 2. The number of carboxylic acid groups (broad SMARTS) is 2. The lowest BCUT2D eigenvalue weighted by atomic mass is 10.1. The maximum absolute atomic E-state index is 11.6. The highest BCUT2D eigenvalue weighted by Crippen LogP contribution is 2.12. The zero-order chi connectivity index (χ0) is 24.3. The fourth-order valence-corrected chi connectivity index (χ4v) is 2.47. The molecule has 2 unspecified atom stereocenters. The number of phenols is 1. The van der Waals surface area contributed by atoms with Crippen LogP contribution in [0.4, 0.5) is 4.79 Å². The summed E-state index contributed by atoms with van der Waals surface area (Å²) < 4.78 is 5.02. The molecule has 1 amide bonds. The molecule has 0 fully saturated rings. The van der Waals surface area contributed by atoms with Crippen molar-refractivity contribution in [1.82, 2.24) is 5.32 Å². The van der Waals surface area contributed by atoms with E-state index in [2.05, 4.69) is 5.32 Å². The first kappa shape index (κ1) is 26.4. The van der Waals surface area contributed by atoms with Crippen LogP contribution in [0.15, 0.2) is 54.6 Å². The third-order valence-corrected chi connectivity index (χ3v) is 3.98. The van der Waals surface area contributed by atoms with E-state index in [0.717, 1.165) is 5.56 Å². The summed E-state index contributed by atoms with van der Waals surface area (Å²) in [6.07, 6.45) is -0.283. The number of ether oxygens (including phenoxy) is 1. The molecule has 0 aromatic heterocycles. The normalized spacial score (nSPS) is 12.5. The lowest BCUT2D eigenvalue weighted by Crippen LogP contribution is -2.44. The molecular formula is C23H30N2O7. The maximum atomic E-state index is 11.6. The highest BCUT2D eigenvalue weighted by Gasteiger charge is 2.24. The van der Waals surface area contributed by atoms with E-state index in [9.17, 15) is 14.4 Å². The predicted octanol–water partition coefficient (Wildman–Crippen LogP) is 2.55. The Morgan fingerprint density at radius 3 is 1.91 bits per heavy atom. The number of benzene rings is 2. The molecule has 2 aromatic rings. The minimum Gasteiger partial charge on any atom is -0.508 e. The van der Waals surface area contributed by atoms with Gasteiger partial charge in [-0.25, -0.2) is 9.59 Å². The molecule has 2 rings (SSSR count). The van der Waals surface area contributed by atoms with Crippen molar-refractivity contribution in [2.24, 2.45) is 5.73 Å². The quantitative estimate of drug-likeness (QED) is 0.434. The number of amides is 1. The number of aromatic hydroxyl groups is 1. The molecule has 32 heavy (non-hydrogen) atoms. The Hall–Kier alpha value is -3.59. The first-order valence-corrected chi connectivity index (χ1v) is 9.90. The Bertz CT molecular complexity index is 877. The molecule has 0 spiro atoms. The third-order valence-electron chi connectivity index (χ3n) is 3.98. The molecule has 0 radical (unpaired) electrons. The largest absolute Gasteiger partial charge is 0.508 e. The van der Waals surface area contributed by atoms with Gasteiger partial charge < -0.3 is 31.1 Å². The lowest BCUT2D eigenvalue weighted by Gasteiger charge is -2.22. The first-order chi connectivity index (χ1) is 14.9. The summed E-state index contributed by atoms with van der Waals surface area (Å²) in [6.45, 7) is 5.09. The van der Waals surface area contributed by atoms with Gasteiger partial charge in [-0.3, -0.25) is 4.79 Å². The van der Waals surface area contributed by atoms with Crippen molar-refractivity contribution in [2.75, 3.05) is 0 Å². The van der Waals surface area contributed by atoms with Gasteiger partial charge in [-0.15, -0.1) is 0 Å². The first-order valence-electron chi connectivity index (χ1n) is 9.90. The Morgan fingerprint density at radius 2 is 1.44 bits per heavy atom. The Labute approximate surface area is 186 Å². The predicted molar refractivity (Wildman–Crippen MR) is 118 cm³/mol. The van der Waals surface area contributed by atoms with Crippen LogP contribution in [-0.4, -0.2) is 51.0 Å². The summed E-state index contributed by atoms with van der Waals surface area (Å²) in [4.78, 5) is 33.1. The van der Waals surface area contributed by atoms with Crippen molar-refractivity contribution in [2.45, 2.75) is 51.3 Å². The molecule has 2 atom stereocenters. The molecule has 6 N–H and O–H groups in total. The molecule has 0 saturated heterocycles. The van der Waals surface area contributed by atoms with Gasteiger partial charge in [0.05, 0.1) is 0 Å². The van der Waals surface area contributed by atoms with Crippen molar-refractivity contribution in [3.05, 3.63) is 65.7 Å². The Balaban J connectivity index is 0.000000363. The van der Waals surface area contributed by atoms with Crippen LogP contribution < -0.4 is 11.1 Å². The van der Waals surface area contributed by atoms with Crippen LogP contribution in [0.5, 0.6) is 5.75 Å². The zero-order valence-electron chi connectivity index (χ0n) is 18.3. The summed E-state index contributed by atoms with van der Waals surface area (Å²) in [6, 6.07) is 13.6. The number of nitrogens with two attached hydrogens (primary N) is 1. The van der Waals surface area contributed by atoms with Crippen LogP contribution in [0.3, 0.4) is 0 Å². The molecule has 0 saturated carbocycles. The fourth-order valence-electron chi connectivity index (χ4n) is 2.47. The summed E-state index contributed by atoms with van der Waals surface area (Å²) in [5.41, 5.74) is 6.30. The van der Waals surface area contributed by atoms with E-state index in [4.69, 9.17) is 25.8 Å². The monoisotopic (exact) mass is 446 g/mol. The number of carbonyl (C=O) groups excluding carboxylic acids is 1. The Kier molecular flexibility index (Phi) is 10.2. The number of phenolic OH excluding ortho intramolecular Hbond substituents is 1. The van der Waals surface area contributed by atoms with Crippen LogP contribution in [-0.2, 0) is 27.2 Å². The van der Waals surface area contributed by atoms with Crippen LogP contribution >= 0.6 is 0 Å². The SMILES string of the molecule is CC(C)(C)OC(=O)NC(Cc1ccc(O)cc1)C(=O)O.NC(Cc1ccccc1)C(=O)O. The number of hydrogen-bond acceptors (Lipinski definition) is 6. The van der Waals surface area contributed by atoms with E-state index in [-0.39, 0.29) is 12.2 Å². The molecular weight excluding hydrogens is 416 g/mol. The van der Waals surface area contributed by atoms with Crippen molar-refractivity contribution in [1.29, 1.82) is 0 Å². The van der Waals surface area contributed by atoms with E-state index in [0.29, 0.717) is 12.0 Å². The molecule has 9 nitrogen and oxygen atoms in total. The molecule has 0 heterocycles. The molecule has 174 valence electrons. The molecule has 2 aromatic carbocycles. The minimum atomic E-state index is -1.15. The standard InChI is InChI=1S/C14H19NO5.C9H11NO2/c1-14(2,3)20-13(19)15-11(12(17)18)8-9-4-6-10(16)7-5-9;10-8(9(11)12)6-7-4-2-1-3-5-7/h4-7,11,16H,8H2,1-3H3,(H,15,19)(H,17,18);1-5,8H,6,10H2,(H,11,12). The second kappa shape index (κ2) is 12.3. The van der Waals surface area contributed by atoms with Crippen LogP contribution in [0.1, 0.15) is 31.9 Å². The number of alkyl carbamates (subject to hydrolysis) is 1. The van der Waals surface area contributed by atoms with Gasteiger partial charge in [-0.2, -0.15) is 0 Å². The summed E-state index contributed by atoms with van der Waals surface area (Å²) in [5, 5.41) is 29.1. The lowest BCUT2D eigenvalue weighted by molar-refractivity contribution is -0.140. The second-order valence-electron chi connectivity index (χ2n) is 8.04. The average molecular weight is 447 g/mol. The fraction of sp³-hybridized carbons (Fsp3) is 0.348. The number of nitrogens with one attached hydrogen (secondary N) is 1. The topological polar surface area (TPSA) is 159 Å².